The summed E-state index contributed by atoms with van der Waals surface area (Å²) in [7, 11) is 1.56. The lowest BCUT2D eigenvalue weighted by Crippen LogP contribution is -2.16. The molecule has 0 unspecified atom stereocenters. The molecule has 0 bridgehead atoms. The quantitative estimate of drug-likeness (QED) is 0.900. The Bertz CT molecular complexity index is 694. The van der Waals surface area contributed by atoms with E-state index in [1.54, 1.807) is 19.2 Å². The first-order valence-electron chi connectivity index (χ1n) is 5.73. The van der Waals surface area contributed by atoms with Crippen LogP contribution in [0.5, 0.6) is 0 Å². The fraction of sp³-hybridized carbons (Fsp3) is 0.154. The van der Waals surface area contributed by atoms with Gasteiger partial charge in [0.1, 0.15) is 5.56 Å². The number of carbonyl (C=O) groups excluding carboxylic acids is 1. The highest BCUT2D eigenvalue weighted by Gasteiger charge is 2.21. The smallest absolute Gasteiger partial charge is 0.339 e. The van der Waals surface area contributed by atoms with Gasteiger partial charge in [0, 0.05) is 23.4 Å². The van der Waals surface area contributed by atoms with E-state index >= 15 is 0 Å². The number of carbonyl (C=O) groups is 2. The summed E-state index contributed by atoms with van der Waals surface area (Å²) in [6.45, 7) is 1.89. The number of hydrogen-bond donors (Lipinski definition) is 2. The number of nitrogens with one attached hydrogen (secondary N) is 1. The highest BCUT2D eigenvalue weighted by Crippen LogP contribution is 2.20. The van der Waals surface area contributed by atoms with Crippen molar-refractivity contribution in [3.63, 3.8) is 0 Å². The summed E-state index contributed by atoms with van der Waals surface area (Å²) in [5.74, 6) is -1.74. The van der Waals surface area contributed by atoms with Crippen molar-refractivity contribution in [1.29, 1.82) is 0 Å². The molecule has 0 aliphatic carbocycles. The van der Waals surface area contributed by atoms with Gasteiger partial charge in [-0.3, -0.25) is 9.48 Å². The van der Waals surface area contributed by atoms with E-state index in [1.807, 2.05) is 13.0 Å². The summed E-state index contributed by atoms with van der Waals surface area (Å²) in [4.78, 5) is 23.1. The van der Waals surface area contributed by atoms with Gasteiger partial charge in [0.25, 0.3) is 5.91 Å². The molecule has 0 aliphatic rings. The molecular formula is C13H12BrN3O3. The van der Waals surface area contributed by atoms with Crippen molar-refractivity contribution in [2.75, 3.05) is 5.32 Å². The zero-order valence-electron chi connectivity index (χ0n) is 10.8. The van der Waals surface area contributed by atoms with Gasteiger partial charge >= 0.3 is 5.97 Å². The molecular weight excluding hydrogens is 326 g/mol. The first-order valence-corrected chi connectivity index (χ1v) is 6.52. The van der Waals surface area contributed by atoms with Crippen molar-refractivity contribution in [2.45, 2.75) is 6.92 Å². The Hall–Kier alpha value is -2.15. The molecule has 2 rings (SSSR count). The largest absolute Gasteiger partial charge is 0.478 e. The molecule has 104 valence electrons. The molecule has 0 atom stereocenters. The van der Waals surface area contributed by atoms with Crippen LogP contribution in [-0.4, -0.2) is 26.8 Å². The number of carboxylic acid groups (broad SMARTS) is 1. The van der Waals surface area contributed by atoms with E-state index in [1.165, 1.54) is 10.9 Å². The van der Waals surface area contributed by atoms with E-state index in [9.17, 15) is 9.59 Å². The van der Waals surface area contributed by atoms with Crippen LogP contribution >= 0.6 is 15.9 Å². The molecule has 0 saturated carbocycles. The van der Waals surface area contributed by atoms with Crippen molar-refractivity contribution < 1.29 is 14.7 Å². The van der Waals surface area contributed by atoms with E-state index < -0.39 is 11.9 Å². The van der Waals surface area contributed by atoms with Crippen LogP contribution in [0.2, 0.25) is 0 Å². The maximum Gasteiger partial charge on any atom is 0.339 e. The Morgan fingerprint density at radius 2 is 2.10 bits per heavy atom. The van der Waals surface area contributed by atoms with Gasteiger partial charge in [0.2, 0.25) is 0 Å². The van der Waals surface area contributed by atoms with Crippen LogP contribution in [0.1, 0.15) is 26.4 Å². The Morgan fingerprint density at radius 3 is 2.70 bits per heavy atom. The van der Waals surface area contributed by atoms with Crippen LogP contribution in [0, 0.1) is 6.92 Å². The summed E-state index contributed by atoms with van der Waals surface area (Å²) in [6, 6.07) is 5.31. The molecule has 1 heterocycles. The zero-order valence-corrected chi connectivity index (χ0v) is 12.4. The average molecular weight is 338 g/mol. The molecule has 20 heavy (non-hydrogen) atoms. The van der Waals surface area contributed by atoms with Crippen LogP contribution in [-0.2, 0) is 7.05 Å². The monoisotopic (exact) mass is 337 g/mol. The minimum atomic E-state index is -1.18. The van der Waals surface area contributed by atoms with Gasteiger partial charge in [-0.2, -0.15) is 5.10 Å². The molecule has 1 aromatic carbocycles. The van der Waals surface area contributed by atoms with E-state index in [0.717, 1.165) is 10.0 Å². The molecule has 1 aromatic heterocycles. The van der Waals surface area contributed by atoms with Crippen molar-refractivity contribution in [3.05, 3.63) is 45.7 Å². The number of carboxylic acids is 1. The topological polar surface area (TPSA) is 84.2 Å². The van der Waals surface area contributed by atoms with Crippen molar-refractivity contribution >= 4 is 33.5 Å². The Balaban J connectivity index is 2.28. The summed E-state index contributed by atoms with van der Waals surface area (Å²) in [5.41, 5.74) is 1.30. The number of amides is 1. The fourth-order valence-corrected chi connectivity index (χ4v) is 1.97. The van der Waals surface area contributed by atoms with Crippen LogP contribution in [0.15, 0.2) is 28.9 Å². The molecule has 0 radical (unpaired) electrons. The number of benzene rings is 1. The molecule has 2 aromatic rings. The minimum absolute atomic E-state index is 0.111. The summed E-state index contributed by atoms with van der Waals surface area (Å²) in [5, 5.41) is 15.6. The second-order valence-corrected chi connectivity index (χ2v) is 5.14. The number of nitrogens with zero attached hydrogens (tertiary/aromatic N) is 2. The molecule has 7 heteroatoms. The molecule has 0 spiro atoms. The summed E-state index contributed by atoms with van der Waals surface area (Å²) < 4.78 is 2.23. The number of halogens is 1. The van der Waals surface area contributed by atoms with Crippen molar-refractivity contribution in [1.82, 2.24) is 9.78 Å². The van der Waals surface area contributed by atoms with Crippen LogP contribution in [0.3, 0.4) is 0 Å². The Kier molecular flexibility index (Phi) is 3.89. The lowest BCUT2D eigenvalue weighted by atomic mass is 10.2. The maximum atomic E-state index is 12.1. The van der Waals surface area contributed by atoms with E-state index in [2.05, 4.69) is 26.3 Å². The third-order valence-corrected chi connectivity index (χ3v) is 3.58. The van der Waals surface area contributed by atoms with Crippen LogP contribution < -0.4 is 5.32 Å². The summed E-state index contributed by atoms with van der Waals surface area (Å²) in [6.07, 6.45) is 1.30. The van der Waals surface area contributed by atoms with Gasteiger partial charge in [-0.15, -0.1) is 0 Å². The van der Waals surface area contributed by atoms with Gasteiger partial charge in [-0.05, 0) is 30.7 Å². The molecule has 1 amide bonds. The normalized spacial score (nSPS) is 10.3. The Labute approximate surface area is 123 Å². The van der Waals surface area contributed by atoms with Gasteiger partial charge < -0.3 is 10.4 Å². The highest BCUT2D eigenvalue weighted by atomic mass is 79.9. The van der Waals surface area contributed by atoms with Gasteiger partial charge in [-0.1, -0.05) is 15.9 Å². The van der Waals surface area contributed by atoms with Gasteiger partial charge in [-0.25, -0.2) is 4.79 Å². The molecule has 0 aliphatic heterocycles. The van der Waals surface area contributed by atoms with Crippen LogP contribution in [0.25, 0.3) is 0 Å². The number of aromatic carboxylic acids is 1. The molecule has 6 nitrogen and oxygen atoms in total. The third-order valence-electron chi connectivity index (χ3n) is 2.69. The second-order valence-electron chi connectivity index (χ2n) is 4.29. The predicted octanol–water partition coefficient (Wildman–Crippen LogP) is 2.44. The lowest BCUT2D eigenvalue weighted by Gasteiger charge is -2.06. The standard InChI is InChI=1S/C13H12BrN3O3/c1-7-5-8(3-4-10(7)14)15-12(18)11-9(13(19)20)6-17(2)16-11/h3-6H,1-2H3,(H,15,18)(H,19,20). The fourth-order valence-electron chi connectivity index (χ4n) is 1.73. The van der Waals surface area contributed by atoms with Gasteiger partial charge in [0.15, 0.2) is 5.69 Å². The number of anilines is 1. The number of hydrogen-bond acceptors (Lipinski definition) is 3. The number of aromatic nitrogens is 2. The van der Waals surface area contributed by atoms with Gasteiger partial charge in [0.05, 0.1) is 0 Å². The van der Waals surface area contributed by atoms with Crippen molar-refractivity contribution in [2.24, 2.45) is 7.05 Å². The van der Waals surface area contributed by atoms with E-state index in [0.29, 0.717) is 5.69 Å². The van der Waals surface area contributed by atoms with E-state index in [-0.39, 0.29) is 11.3 Å². The zero-order chi connectivity index (χ0) is 14.9. The summed E-state index contributed by atoms with van der Waals surface area (Å²) >= 11 is 3.37. The highest BCUT2D eigenvalue weighted by molar-refractivity contribution is 9.10. The predicted molar refractivity (Wildman–Crippen MR) is 77.0 cm³/mol. The maximum absolute atomic E-state index is 12.1. The van der Waals surface area contributed by atoms with E-state index in [4.69, 9.17) is 5.11 Å². The number of rotatable bonds is 3. The molecule has 2 N–H and O–H groups in total. The number of aryl methyl sites for hydroxylation is 2. The minimum Gasteiger partial charge on any atom is -0.478 e. The first-order chi connectivity index (χ1) is 9.38. The molecule has 0 saturated heterocycles. The SMILES string of the molecule is Cc1cc(NC(=O)c2nn(C)cc2C(=O)O)ccc1Br. The molecule has 0 fully saturated rings. The van der Waals surface area contributed by atoms with Crippen LogP contribution in [0.4, 0.5) is 5.69 Å². The second kappa shape index (κ2) is 5.46. The average Bonchev–Trinajstić information content (AvgIpc) is 2.76. The Morgan fingerprint density at radius 1 is 1.40 bits per heavy atom. The first kappa shape index (κ1) is 14.3. The third kappa shape index (κ3) is 2.88. The van der Waals surface area contributed by atoms with Crippen molar-refractivity contribution in [3.8, 4) is 0 Å². The lowest BCUT2D eigenvalue weighted by molar-refractivity contribution is 0.0692.